The van der Waals surface area contributed by atoms with Gasteiger partial charge in [0.25, 0.3) is 5.91 Å². The minimum absolute atomic E-state index is 0.377. The van der Waals surface area contributed by atoms with Crippen LogP contribution < -0.4 is 5.43 Å². The molecule has 8 heteroatoms. The van der Waals surface area contributed by atoms with Crippen LogP contribution in [0.3, 0.4) is 0 Å². The number of carbonyl (C=O) groups excluding carboxylic acids is 1. The Morgan fingerprint density at radius 1 is 1.28 bits per heavy atom. The molecule has 2 N–H and O–H groups in total. The maximum Gasteiger partial charge on any atom is 0.311 e. The summed E-state index contributed by atoms with van der Waals surface area (Å²) in [5.74, 6) is -0.829. The molecule has 1 aromatic heterocycles. The van der Waals surface area contributed by atoms with Gasteiger partial charge < -0.3 is 9.67 Å². The molecule has 8 nitrogen and oxygen atoms in total. The number of hydrogen-bond donors (Lipinski definition) is 2. The number of fused-ring (bicyclic) bond motifs is 1. The zero-order chi connectivity index (χ0) is 18.0. The van der Waals surface area contributed by atoms with Gasteiger partial charge in [-0.1, -0.05) is 18.2 Å². The molecule has 0 saturated carbocycles. The van der Waals surface area contributed by atoms with Crippen LogP contribution in [-0.2, 0) is 7.05 Å². The van der Waals surface area contributed by atoms with Crippen LogP contribution in [0.4, 0.5) is 5.69 Å². The highest BCUT2D eigenvalue weighted by molar-refractivity contribution is 5.99. The van der Waals surface area contributed by atoms with Crippen LogP contribution in [0, 0.1) is 10.1 Å². The summed E-state index contributed by atoms with van der Waals surface area (Å²) in [5.41, 5.74) is 3.70. The van der Waals surface area contributed by atoms with Crippen LogP contribution in [-0.4, -0.2) is 26.7 Å². The number of amides is 1. The van der Waals surface area contributed by atoms with Gasteiger partial charge in [-0.25, -0.2) is 5.43 Å². The van der Waals surface area contributed by atoms with Crippen LogP contribution in [0.15, 0.2) is 53.6 Å². The number of rotatable bonds is 4. The van der Waals surface area contributed by atoms with Crippen molar-refractivity contribution >= 4 is 28.7 Å². The van der Waals surface area contributed by atoms with E-state index >= 15 is 0 Å². The van der Waals surface area contributed by atoms with E-state index in [0.29, 0.717) is 11.3 Å². The van der Waals surface area contributed by atoms with Crippen molar-refractivity contribution < 1.29 is 14.8 Å². The van der Waals surface area contributed by atoms with E-state index in [1.807, 2.05) is 24.3 Å². The molecule has 0 radical (unpaired) electrons. The second-order valence-electron chi connectivity index (χ2n) is 5.35. The van der Waals surface area contributed by atoms with E-state index in [0.717, 1.165) is 10.9 Å². The quantitative estimate of drug-likeness (QED) is 0.433. The van der Waals surface area contributed by atoms with E-state index in [2.05, 4.69) is 10.5 Å². The molecule has 3 rings (SSSR count). The summed E-state index contributed by atoms with van der Waals surface area (Å²) < 4.78 is 1.76. The molecule has 25 heavy (non-hydrogen) atoms. The Balaban J connectivity index is 1.77. The zero-order valence-electron chi connectivity index (χ0n) is 13.2. The number of nitro groups is 1. The van der Waals surface area contributed by atoms with Crippen molar-refractivity contribution in [2.24, 2.45) is 12.1 Å². The van der Waals surface area contributed by atoms with Crippen molar-refractivity contribution in [3.63, 3.8) is 0 Å². The Morgan fingerprint density at radius 3 is 2.76 bits per heavy atom. The molecule has 0 aliphatic carbocycles. The monoisotopic (exact) mass is 338 g/mol. The summed E-state index contributed by atoms with van der Waals surface area (Å²) in [6.07, 6.45) is 1.27. The summed E-state index contributed by atoms with van der Waals surface area (Å²) in [6, 6.07) is 13.2. The molecule has 2 aromatic carbocycles. The molecule has 0 saturated heterocycles. The van der Waals surface area contributed by atoms with Gasteiger partial charge in [0, 0.05) is 29.6 Å². The molecular weight excluding hydrogens is 324 g/mol. The van der Waals surface area contributed by atoms with E-state index in [4.69, 9.17) is 0 Å². The van der Waals surface area contributed by atoms with Gasteiger partial charge in [0.05, 0.1) is 11.1 Å². The summed E-state index contributed by atoms with van der Waals surface area (Å²) >= 11 is 0. The first-order valence-corrected chi connectivity index (χ1v) is 7.32. The smallest absolute Gasteiger partial charge is 0.311 e. The topological polar surface area (TPSA) is 110 Å². The second-order valence-corrected chi connectivity index (χ2v) is 5.35. The van der Waals surface area contributed by atoms with Crippen molar-refractivity contribution in [2.75, 3.05) is 0 Å². The van der Waals surface area contributed by atoms with Crippen molar-refractivity contribution in [3.8, 4) is 5.75 Å². The molecule has 0 aliphatic rings. The number of hydrogen-bond acceptors (Lipinski definition) is 5. The van der Waals surface area contributed by atoms with Gasteiger partial charge in [-0.05, 0) is 24.3 Å². The van der Waals surface area contributed by atoms with Crippen molar-refractivity contribution in [1.82, 2.24) is 9.99 Å². The lowest BCUT2D eigenvalue weighted by molar-refractivity contribution is -0.385. The lowest BCUT2D eigenvalue weighted by atomic mass is 10.2. The number of para-hydroxylation sites is 1. The van der Waals surface area contributed by atoms with E-state index in [-0.39, 0.29) is 0 Å². The van der Waals surface area contributed by atoms with E-state index < -0.39 is 22.3 Å². The Hall–Kier alpha value is -3.68. The predicted molar refractivity (Wildman–Crippen MR) is 92.7 cm³/mol. The Labute approximate surface area is 142 Å². The molecule has 3 aromatic rings. The first-order valence-electron chi connectivity index (χ1n) is 7.32. The Bertz CT molecular complexity index is 1010. The van der Waals surface area contributed by atoms with Gasteiger partial charge >= 0.3 is 5.69 Å². The fourth-order valence-corrected chi connectivity index (χ4v) is 2.50. The number of nitrogens with zero attached hydrogens (tertiary/aromatic N) is 3. The molecule has 0 bridgehead atoms. The summed E-state index contributed by atoms with van der Waals surface area (Å²) in [6.45, 7) is 0. The average molecular weight is 338 g/mol. The maximum absolute atomic E-state index is 12.3. The number of benzene rings is 2. The molecule has 0 atom stereocenters. The van der Waals surface area contributed by atoms with Crippen LogP contribution in [0.5, 0.6) is 5.75 Å². The van der Waals surface area contributed by atoms with Crippen LogP contribution in [0.2, 0.25) is 0 Å². The average Bonchev–Trinajstić information content (AvgIpc) is 2.93. The lowest BCUT2D eigenvalue weighted by Gasteiger charge is -2.02. The highest BCUT2D eigenvalue weighted by atomic mass is 16.6. The van der Waals surface area contributed by atoms with Crippen molar-refractivity contribution in [3.05, 3.63) is 69.9 Å². The maximum atomic E-state index is 12.3. The molecule has 126 valence electrons. The molecular formula is C17H14N4O4. The number of aryl methyl sites for hydroxylation is 1. The zero-order valence-corrected chi connectivity index (χ0v) is 13.2. The Kier molecular flexibility index (Phi) is 4.17. The first kappa shape index (κ1) is 16.2. The van der Waals surface area contributed by atoms with Gasteiger partial charge in [0.15, 0.2) is 5.75 Å². The number of phenolic OH excluding ortho intramolecular Hbond substituents is 1. The van der Waals surface area contributed by atoms with E-state index in [9.17, 15) is 20.0 Å². The standard InChI is InChI=1S/C17H14N4O4/c1-20-13-5-3-2-4-12(13)9-15(20)17(23)19-18-10-11-6-7-16(22)14(8-11)21(24)25/h2-10,22H,1H3,(H,19,23)/b18-10+. The number of nitrogens with one attached hydrogen (secondary N) is 1. The number of aromatic nitrogens is 1. The van der Waals surface area contributed by atoms with Crippen LogP contribution in [0.1, 0.15) is 16.1 Å². The third-order valence-electron chi connectivity index (χ3n) is 3.76. The second kappa shape index (κ2) is 6.44. The highest BCUT2D eigenvalue weighted by Crippen LogP contribution is 2.25. The van der Waals surface area contributed by atoms with Gasteiger partial charge in [0.2, 0.25) is 0 Å². The number of carbonyl (C=O) groups is 1. The number of phenols is 1. The molecule has 1 amide bonds. The number of nitro benzene ring substituents is 1. The van der Waals surface area contributed by atoms with Crippen LogP contribution >= 0.6 is 0 Å². The number of hydrazone groups is 1. The normalized spacial score (nSPS) is 11.1. The molecule has 0 aliphatic heterocycles. The lowest BCUT2D eigenvalue weighted by Crippen LogP contribution is -2.20. The molecule has 0 fully saturated rings. The van der Waals surface area contributed by atoms with Crippen molar-refractivity contribution in [2.45, 2.75) is 0 Å². The largest absolute Gasteiger partial charge is 0.502 e. The fraction of sp³-hybridized carbons (Fsp3) is 0.0588. The highest BCUT2D eigenvalue weighted by Gasteiger charge is 2.14. The van der Waals surface area contributed by atoms with E-state index in [1.54, 1.807) is 17.7 Å². The molecule has 0 unspecified atom stereocenters. The van der Waals surface area contributed by atoms with Crippen LogP contribution in [0.25, 0.3) is 10.9 Å². The first-order chi connectivity index (χ1) is 12.0. The van der Waals surface area contributed by atoms with Gasteiger partial charge in [-0.2, -0.15) is 5.10 Å². The Morgan fingerprint density at radius 2 is 2.04 bits per heavy atom. The van der Waals surface area contributed by atoms with Gasteiger partial charge in [0.1, 0.15) is 5.69 Å². The SMILES string of the molecule is Cn1c(C(=O)N/N=C/c2ccc(O)c([N+](=O)[O-])c2)cc2ccccc21. The fourth-order valence-electron chi connectivity index (χ4n) is 2.50. The molecule has 0 spiro atoms. The minimum Gasteiger partial charge on any atom is -0.502 e. The van der Waals surface area contributed by atoms with Gasteiger partial charge in [-0.15, -0.1) is 0 Å². The third kappa shape index (κ3) is 3.18. The summed E-state index contributed by atoms with van der Waals surface area (Å²) in [5, 5.41) is 25.0. The third-order valence-corrected chi connectivity index (χ3v) is 3.76. The van der Waals surface area contributed by atoms with Crippen molar-refractivity contribution in [1.29, 1.82) is 0 Å². The predicted octanol–water partition coefficient (Wildman–Crippen LogP) is 2.56. The van der Waals surface area contributed by atoms with Gasteiger partial charge in [-0.3, -0.25) is 14.9 Å². The summed E-state index contributed by atoms with van der Waals surface area (Å²) in [4.78, 5) is 22.4. The van der Waals surface area contributed by atoms with E-state index in [1.165, 1.54) is 24.4 Å². The summed E-state index contributed by atoms with van der Waals surface area (Å²) in [7, 11) is 1.78. The number of aromatic hydroxyl groups is 1. The molecule has 1 heterocycles. The minimum atomic E-state index is -0.694.